The van der Waals surface area contributed by atoms with Gasteiger partial charge in [-0.1, -0.05) is 30.3 Å². The van der Waals surface area contributed by atoms with Crippen LogP contribution in [0.5, 0.6) is 0 Å². The largest absolute Gasteiger partial charge is 0.299 e. The lowest BCUT2D eigenvalue weighted by Gasteiger charge is -2.21. The summed E-state index contributed by atoms with van der Waals surface area (Å²) in [6, 6.07) is 13.5. The maximum Gasteiger partial charge on any atom is 0.0672 e. The number of likely N-dealkylation sites (tertiary alicyclic amines) is 1. The molecule has 1 heterocycles. The summed E-state index contributed by atoms with van der Waals surface area (Å²) in [5, 5.41) is 8.98. The molecular formula is C15H20N2. The molecule has 1 aromatic rings. The van der Waals surface area contributed by atoms with E-state index in [9.17, 15) is 0 Å². The Labute approximate surface area is 104 Å². The summed E-state index contributed by atoms with van der Waals surface area (Å²) in [6.45, 7) is 4.39. The summed E-state index contributed by atoms with van der Waals surface area (Å²) in [6.07, 6.45) is 3.37. The third-order valence-corrected chi connectivity index (χ3v) is 3.81. The van der Waals surface area contributed by atoms with Crippen LogP contribution in [-0.2, 0) is 6.42 Å². The van der Waals surface area contributed by atoms with Gasteiger partial charge in [0.05, 0.1) is 12.0 Å². The minimum Gasteiger partial charge on any atom is -0.299 e. The molecule has 17 heavy (non-hydrogen) atoms. The number of aryl methyl sites for hydroxylation is 1. The fourth-order valence-corrected chi connectivity index (χ4v) is 2.62. The number of hydrogen-bond acceptors (Lipinski definition) is 2. The van der Waals surface area contributed by atoms with E-state index in [0.29, 0.717) is 6.04 Å². The van der Waals surface area contributed by atoms with Gasteiger partial charge in [-0.2, -0.15) is 5.26 Å². The predicted octanol–water partition coefficient (Wildman–Crippen LogP) is 2.85. The van der Waals surface area contributed by atoms with Gasteiger partial charge in [0.2, 0.25) is 0 Å². The third-order valence-electron chi connectivity index (χ3n) is 3.81. The van der Waals surface area contributed by atoms with Crippen molar-refractivity contribution in [3.8, 4) is 6.07 Å². The Hall–Kier alpha value is -1.33. The summed E-state index contributed by atoms with van der Waals surface area (Å²) in [7, 11) is 0. The summed E-state index contributed by atoms with van der Waals surface area (Å²) in [5.74, 6) is 0.242. The quantitative estimate of drug-likeness (QED) is 0.792. The summed E-state index contributed by atoms with van der Waals surface area (Å²) in [5.41, 5.74) is 1.41. The van der Waals surface area contributed by atoms with Gasteiger partial charge in [0.1, 0.15) is 0 Å². The van der Waals surface area contributed by atoms with Gasteiger partial charge in [-0.25, -0.2) is 0 Å². The Morgan fingerprint density at radius 2 is 2.12 bits per heavy atom. The highest BCUT2D eigenvalue weighted by atomic mass is 15.2. The van der Waals surface area contributed by atoms with E-state index in [4.69, 9.17) is 5.26 Å². The second kappa shape index (κ2) is 5.84. The van der Waals surface area contributed by atoms with E-state index in [0.717, 1.165) is 25.9 Å². The molecule has 2 rings (SSSR count). The smallest absolute Gasteiger partial charge is 0.0672 e. The minimum atomic E-state index is 0.242. The maximum atomic E-state index is 8.98. The van der Waals surface area contributed by atoms with Crippen LogP contribution in [0.1, 0.15) is 25.3 Å². The lowest BCUT2D eigenvalue weighted by atomic mass is 10.0. The minimum absolute atomic E-state index is 0.242. The number of rotatable bonds is 4. The van der Waals surface area contributed by atoms with Crippen LogP contribution in [0.3, 0.4) is 0 Å². The van der Waals surface area contributed by atoms with Crippen molar-refractivity contribution >= 4 is 0 Å². The highest BCUT2D eigenvalue weighted by Crippen LogP contribution is 2.23. The van der Waals surface area contributed by atoms with E-state index in [1.807, 2.05) is 0 Å². The molecule has 1 aromatic carbocycles. The topological polar surface area (TPSA) is 27.0 Å². The number of benzene rings is 1. The Bertz CT molecular complexity index is 380. The number of hydrogen-bond donors (Lipinski definition) is 0. The van der Waals surface area contributed by atoms with Gasteiger partial charge >= 0.3 is 0 Å². The van der Waals surface area contributed by atoms with Crippen LogP contribution in [0, 0.1) is 17.2 Å². The van der Waals surface area contributed by atoms with E-state index in [1.54, 1.807) is 0 Å². The molecule has 0 bridgehead atoms. The molecule has 0 aromatic heterocycles. The van der Waals surface area contributed by atoms with Crippen molar-refractivity contribution in [2.24, 2.45) is 5.92 Å². The van der Waals surface area contributed by atoms with Gasteiger partial charge in [0.25, 0.3) is 0 Å². The van der Waals surface area contributed by atoms with Crippen molar-refractivity contribution in [1.82, 2.24) is 4.90 Å². The molecule has 2 heteroatoms. The zero-order valence-electron chi connectivity index (χ0n) is 10.5. The van der Waals surface area contributed by atoms with Crippen molar-refractivity contribution in [2.45, 2.75) is 32.2 Å². The molecule has 0 saturated carbocycles. The highest BCUT2D eigenvalue weighted by molar-refractivity contribution is 5.14. The van der Waals surface area contributed by atoms with Crippen LogP contribution < -0.4 is 0 Å². The van der Waals surface area contributed by atoms with Gasteiger partial charge in [-0.15, -0.1) is 0 Å². The lowest BCUT2D eigenvalue weighted by molar-refractivity contribution is 0.253. The molecule has 2 atom stereocenters. The van der Waals surface area contributed by atoms with E-state index in [-0.39, 0.29) is 5.92 Å². The van der Waals surface area contributed by atoms with Gasteiger partial charge in [-0.05, 0) is 44.8 Å². The molecule has 90 valence electrons. The average molecular weight is 228 g/mol. The molecule has 0 radical (unpaired) electrons. The third kappa shape index (κ3) is 3.08. The first-order chi connectivity index (χ1) is 8.31. The number of nitrogens with zero attached hydrogens (tertiary/aromatic N) is 2. The van der Waals surface area contributed by atoms with Crippen LogP contribution in [0.2, 0.25) is 0 Å². The molecule has 0 aliphatic carbocycles. The summed E-state index contributed by atoms with van der Waals surface area (Å²) >= 11 is 0. The summed E-state index contributed by atoms with van der Waals surface area (Å²) < 4.78 is 0. The van der Waals surface area contributed by atoms with Crippen LogP contribution >= 0.6 is 0 Å². The molecule has 1 aliphatic heterocycles. The standard InChI is InChI=1S/C15H20N2/c1-13-15(12-16)9-11-17(13)10-5-8-14-6-3-2-4-7-14/h2-4,6-7,13,15H,5,8-11H2,1H3. The highest BCUT2D eigenvalue weighted by Gasteiger charge is 2.29. The molecule has 2 unspecified atom stereocenters. The second-order valence-corrected chi connectivity index (χ2v) is 4.89. The van der Waals surface area contributed by atoms with Crippen molar-refractivity contribution in [2.75, 3.05) is 13.1 Å². The zero-order chi connectivity index (χ0) is 12.1. The Morgan fingerprint density at radius 1 is 1.35 bits per heavy atom. The van der Waals surface area contributed by atoms with Crippen LogP contribution in [-0.4, -0.2) is 24.0 Å². The van der Waals surface area contributed by atoms with Crippen LogP contribution in [0.4, 0.5) is 0 Å². The SMILES string of the molecule is CC1C(C#N)CCN1CCCc1ccccc1. The maximum absolute atomic E-state index is 8.98. The van der Waals surface area contributed by atoms with E-state index in [2.05, 4.69) is 48.2 Å². The Balaban J connectivity index is 1.75. The molecule has 0 N–H and O–H groups in total. The first kappa shape index (κ1) is 12.1. The van der Waals surface area contributed by atoms with Crippen LogP contribution in [0.25, 0.3) is 0 Å². The van der Waals surface area contributed by atoms with Crippen molar-refractivity contribution in [1.29, 1.82) is 5.26 Å². The van der Waals surface area contributed by atoms with Crippen LogP contribution in [0.15, 0.2) is 30.3 Å². The monoisotopic (exact) mass is 228 g/mol. The van der Waals surface area contributed by atoms with Gasteiger partial charge in [0, 0.05) is 6.04 Å². The molecule has 1 aliphatic rings. The van der Waals surface area contributed by atoms with Gasteiger partial charge < -0.3 is 0 Å². The average Bonchev–Trinajstić information content (AvgIpc) is 2.72. The fourth-order valence-electron chi connectivity index (χ4n) is 2.62. The van der Waals surface area contributed by atoms with Gasteiger partial charge in [0.15, 0.2) is 0 Å². The van der Waals surface area contributed by atoms with Crippen molar-refractivity contribution in [3.63, 3.8) is 0 Å². The van der Waals surface area contributed by atoms with E-state index < -0.39 is 0 Å². The molecule has 0 spiro atoms. The molecule has 0 amide bonds. The Morgan fingerprint density at radius 3 is 2.76 bits per heavy atom. The van der Waals surface area contributed by atoms with E-state index in [1.165, 1.54) is 12.0 Å². The first-order valence-electron chi connectivity index (χ1n) is 6.49. The summed E-state index contributed by atoms with van der Waals surface area (Å²) in [4.78, 5) is 2.46. The molecule has 1 fully saturated rings. The predicted molar refractivity (Wildman–Crippen MR) is 69.5 cm³/mol. The molecule has 1 saturated heterocycles. The zero-order valence-corrected chi connectivity index (χ0v) is 10.5. The van der Waals surface area contributed by atoms with Crippen molar-refractivity contribution < 1.29 is 0 Å². The first-order valence-corrected chi connectivity index (χ1v) is 6.49. The molecule has 2 nitrogen and oxygen atoms in total. The normalized spacial score (nSPS) is 24.7. The lowest BCUT2D eigenvalue weighted by Crippen LogP contribution is -2.30. The molecular weight excluding hydrogens is 208 g/mol. The Kier molecular flexibility index (Phi) is 4.17. The van der Waals surface area contributed by atoms with Crippen molar-refractivity contribution in [3.05, 3.63) is 35.9 Å². The number of nitriles is 1. The second-order valence-electron chi connectivity index (χ2n) is 4.89. The van der Waals surface area contributed by atoms with E-state index >= 15 is 0 Å². The van der Waals surface area contributed by atoms with Gasteiger partial charge in [-0.3, -0.25) is 4.90 Å². The fraction of sp³-hybridized carbons (Fsp3) is 0.533.